The van der Waals surface area contributed by atoms with E-state index in [9.17, 15) is 9.59 Å². The first-order valence-corrected chi connectivity index (χ1v) is 8.70. The molecule has 3 aromatic rings. The SMILES string of the molecule is COc1ccc(CN(C)C(=O)CNC(=O)c2cc3occc3n2C)cc1OC. The van der Waals surface area contributed by atoms with Crippen molar-refractivity contribution in [2.24, 2.45) is 7.05 Å². The molecule has 28 heavy (non-hydrogen) atoms. The first-order chi connectivity index (χ1) is 13.4. The molecule has 8 nitrogen and oxygen atoms in total. The molecule has 1 N–H and O–H groups in total. The van der Waals surface area contributed by atoms with Gasteiger partial charge in [0.1, 0.15) is 5.69 Å². The first-order valence-electron chi connectivity index (χ1n) is 8.70. The van der Waals surface area contributed by atoms with Crippen molar-refractivity contribution in [3.63, 3.8) is 0 Å². The van der Waals surface area contributed by atoms with E-state index in [0.717, 1.165) is 11.1 Å². The van der Waals surface area contributed by atoms with Crippen LogP contribution in [0, 0.1) is 0 Å². The number of carbonyl (C=O) groups is 2. The lowest BCUT2D eigenvalue weighted by Crippen LogP contribution is -2.38. The van der Waals surface area contributed by atoms with Crippen LogP contribution in [0.2, 0.25) is 0 Å². The van der Waals surface area contributed by atoms with E-state index in [4.69, 9.17) is 13.9 Å². The monoisotopic (exact) mass is 385 g/mol. The van der Waals surface area contributed by atoms with Gasteiger partial charge in [-0.2, -0.15) is 0 Å². The number of hydrogen-bond donors (Lipinski definition) is 1. The van der Waals surface area contributed by atoms with Crippen molar-refractivity contribution < 1.29 is 23.5 Å². The van der Waals surface area contributed by atoms with Gasteiger partial charge in [0, 0.05) is 32.8 Å². The van der Waals surface area contributed by atoms with Crippen molar-refractivity contribution >= 4 is 22.9 Å². The summed E-state index contributed by atoms with van der Waals surface area (Å²) >= 11 is 0. The van der Waals surface area contributed by atoms with Crippen LogP contribution in [0.3, 0.4) is 0 Å². The van der Waals surface area contributed by atoms with Crippen molar-refractivity contribution in [1.29, 1.82) is 0 Å². The maximum absolute atomic E-state index is 12.4. The van der Waals surface area contributed by atoms with E-state index in [1.807, 2.05) is 12.1 Å². The second-order valence-corrected chi connectivity index (χ2v) is 6.38. The second kappa shape index (κ2) is 8.08. The van der Waals surface area contributed by atoms with Crippen molar-refractivity contribution in [1.82, 2.24) is 14.8 Å². The number of amides is 2. The molecule has 0 unspecified atom stereocenters. The summed E-state index contributed by atoms with van der Waals surface area (Å²) in [6.45, 7) is 0.279. The van der Waals surface area contributed by atoms with E-state index >= 15 is 0 Å². The zero-order chi connectivity index (χ0) is 20.3. The highest BCUT2D eigenvalue weighted by Crippen LogP contribution is 2.28. The molecule has 2 aromatic heterocycles. The van der Waals surface area contributed by atoms with Gasteiger partial charge in [0.25, 0.3) is 5.91 Å². The van der Waals surface area contributed by atoms with E-state index in [1.165, 1.54) is 0 Å². The van der Waals surface area contributed by atoms with Gasteiger partial charge in [-0.05, 0) is 17.7 Å². The Kier molecular flexibility index (Phi) is 5.58. The molecule has 0 aliphatic heterocycles. The Morgan fingerprint density at radius 2 is 1.89 bits per heavy atom. The van der Waals surface area contributed by atoms with Crippen LogP contribution in [0.5, 0.6) is 11.5 Å². The van der Waals surface area contributed by atoms with Gasteiger partial charge >= 0.3 is 0 Å². The minimum Gasteiger partial charge on any atom is -0.493 e. The van der Waals surface area contributed by atoms with Gasteiger partial charge < -0.3 is 28.7 Å². The molecule has 0 atom stereocenters. The van der Waals surface area contributed by atoms with Gasteiger partial charge in [0.15, 0.2) is 17.1 Å². The maximum Gasteiger partial charge on any atom is 0.268 e. The molecule has 0 saturated heterocycles. The quantitative estimate of drug-likeness (QED) is 0.674. The van der Waals surface area contributed by atoms with Gasteiger partial charge in [0.05, 0.1) is 32.5 Å². The lowest BCUT2D eigenvalue weighted by Gasteiger charge is -2.18. The molecule has 0 fully saturated rings. The minimum absolute atomic E-state index is 0.102. The summed E-state index contributed by atoms with van der Waals surface area (Å²) in [6.07, 6.45) is 1.57. The van der Waals surface area contributed by atoms with Gasteiger partial charge in [0.2, 0.25) is 5.91 Å². The number of rotatable bonds is 7. The van der Waals surface area contributed by atoms with Gasteiger partial charge in [-0.25, -0.2) is 0 Å². The Bertz CT molecular complexity index is 1000. The Morgan fingerprint density at radius 1 is 1.14 bits per heavy atom. The van der Waals surface area contributed by atoms with Crippen molar-refractivity contribution in [2.75, 3.05) is 27.8 Å². The molecular weight excluding hydrogens is 362 g/mol. The molecule has 3 rings (SSSR count). The Hall–Kier alpha value is -3.42. The number of aryl methyl sites for hydroxylation is 1. The number of likely N-dealkylation sites (N-methyl/N-ethyl adjacent to an activating group) is 1. The summed E-state index contributed by atoms with van der Waals surface area (Å²) in [5.41, 5.74) is 2.78. The van der Waals surface area contributed by atoms with E-state index in [2.05, 4.69) is 5.32 Å². The maximum atomic E-state index is 12.4. The standard InChI is InChI=1S/C20H23N3O5/c1-22(12-13-5-6-16(26-3)18(9-13)27-4)19(24)11-21-20(25)15-10-17-14(23(15)2)7-8-28-17/h5-10H,11-12H2,1-4H3,(H,21,25). The fraction of sp³-hybridized carbons (Fsp3) is 0.300. The summed E-state index contributed by atoms with van der Waals surface area (Å²) in [5, 5.41) is 2.66. The number of aromatic nitrogens is 1. The number of hydrogen-bond acceptors (Lipinski definition) is 5. The lowest BCUT2D eigenvalue weighted by molar-refractivity contribution is -0.129. The highest BCUT2D eigenvalue weighted by Gasteiger charge is 2.17. The number of benzene rings is 1. The van der Waals surface area contributed by atoms with Crippen LogP contribution in [-0.4, -0.2) is 49.1 Å². The molecule has 2 heterocycles. The highest BCUT2D eigenvalue weighted by atomic mass is 16.5. The summed E-state index contributed by atoms with van der Waals surface area (Å²) in [4.78, 5) is 26.3. The normalized spacial score (nSPS) is 10.7. The minimum atomic E-state index is -0.332. The predicted octanol–water partition coefficient (Wildman–Crippen LogP) is 2.18. The zero-order valence-corrected chi connectivity index (χ0v) is 16.3. The van der Waals surface area contributed by atoms with Crippen molar-refractivity contribution in [2.45, 2.75) is 6.54 Å². The smallest absolute Gasteiger partial charge is 0.268 e. The van der Waals surface area contributed by atoms with Crippen LogP contribution in [0.1, 0.15) is 16.1 Å². The molecule has 0 saturated carbocycles. The molecule has 148 valence electrons. The topological polar surface area (TPSA) is 85.9 Å². The molecule has 1 aromatic carbocycles. The summed E-state index contributed by atoms with van der Waals surface area (Å²) in [6, 6.07) is 8.92. The van der Waals surface area contributed by atoms with Crippen LogP contribution in [0.25, 0.3) is 11.1 Å². The number of ether oxygens (including phenoxy) is 2. The number of furan rings is 1. The van der Waals surface area contributed by atoms with E-state index < -0.39 is 0 Å². The van der Waals surface area contributed by atoms with Crippen LogP contribution < -0.4 is 14.8 Å². The molecule has 0 spiro atoms. The van der Waals surface area contributed by atoms with Crippen molar-refractivity contribution in [3.05, 3.63) is 47.9 Å². The third-order valence-corrected chi connectivity index (χ3v) is 4.59. The summed E-state index contributed by atoms with van der Waals surface area (Å²) < 4.78 is 17.5. The molecule has 2 amide bonds. The fourth-order valence-electron chi connectivity index (χ4n) is 2.99. The largest absolute Gasteiger partial charge is 0.493 e. The van der Waals surface area contributed by atoms with Gasteiger partial charge in [-0.15, -0.1) is 0 Å². The van der Waals surface area contributed by atoms with Crippen molar-refractivity contribution in [3.8, 4) is 11.5 Å². The Labute approximate surface area is 162 Å². The third kappa shape index (κ3) is 3.80. The number of nitrogens with zero attached hydrogens (tertiary/aromatic N) is 2. The lowest BCUT2D eigenvalue weighted by atomic mass is 10.2. The van der Waals surface area contributed by atoms with E-state index in [-0.39, 0.29) is 18.4 Å². The number of fused-ring (bicyclic) bond motifs is 1. The highest BCUT2D eigenvalue weighted by molar-refractivity contribution is 5.99. The third-order valence-electron chi connectivity index (χ3n) is 4.59. The van der Waals surface area contributed by atoms with Crippen LogP contribution >= 0.6 is 0 Å². The number of carbonyl (C=O) groups excluding carboxylic acids is 2. The first kappa shape index (κ1) is 19.3. The second-order valence-electron chi connectivity index (χ2n) is 6.38. The summed E-state index contributed by atoms with van der Waals surface area (Å²) in [7, 11) is 6.59. The fourth-order valence-corrected chi connectivity index (χ4v) is 2.99. The molecule has 8 heteroatoms. The molecule has 0 bridgehead atoms. The van der Waals surface area contributed by atoms with Crippen LogP contribution in [0.15, 0.2) is 41.0 Å². The Balaban J connectivity index is 1.59. The average Bonchev–Trinajstić information content (AvgIpc) is 3.28. The van der Waals surface area contributed by atoms with Crippen LogP contribution in [0.4, 0.5) is 0 Å². The molecule has 0 aliphatic rings. The molecule has 0 aliphatic carbocycles. The number of methoxy groups -OCH3 is 2. The summed E-state index contributed by atoms with van der Waals surface area (Å²) in [5.74, 6) is 0.686. The van der Waals surface area contributed by atoms with Crippen LogP contribution in [-0.2, 0) is 18.4 Å². The number of nitrogens with one attached hydrogen (secondary N) is 1. The molecule has 0 radical (unpaired) electrons. The zero-order valence-electron chi connectivity index (χ0n) is 16.3. The van der Waals surface area contributed by atoms with Gasteiger partial charge in [-0.3, -0.25) is 9.59 Å². The predicted molar refractivity (Wildman–Crippen MR) is 104 cm³/mol. The van der Waals surface area contributed by atoms with E-state index in [1.54, 1.807) is 62.2 Å². The van der Waals surface area contributed by atoms with Gasteiger partial charge in [-0.1, -0.05) is 6.07 Å². The Morgan fingerprint density at radius 3 is 2.57 bits per heavy atom. The average molecular weight is 385 g/mol. The molecular formula is C20H23N3O5. The van der Waals surface area contributed by atoms with E-state index in [0.29, 0.717) is 29.3 Å².